The van der Waals surface area contributed by atoms with Gasteiger partial charge in [0.25, 0.3) is 0 Å². The highest BCUT2D eigenvalue weighted by Gasteiger charge is 2.30. The van der Waals surface area contributed by atoms with E-state index in [0.29, 0.717) is 6.04 Å². The van der Waals surface area contributed by atoms with Gasteiger partial charge in [-0.2, -0.15) is 0 Å². The predicted molar refractivity (Wildman–Crippen MR) is 82.6 cm³/mol. The van der Waals surface area contributed by atoms with E-state index in [-0.39, 0.29) is 5.54 Å². The van der Waals surface area contributed by atoms with Gasteiger partial charge in [0.1, 0.15) is 0 Å². The van der Waals surface area contributed by atoms with E-state index >= 15 is 0 Å². The minimum atomic E-state index is 0.236. The highest BCUT2D eigenvalue weighted by Crippen LogP contribution is 2.21. The number of rotatable bonds is 4. The zero-order valence-corrected chi connectivity index (χ0v) is 13.4. The van der Waals surface area contributed by atoms with Crippen molar-refractivity contribution in [2.24, 2.45) is 0 Å². The minimum Gasteiger partial charge on any atom is -0.311 e. The first-order valence-corrected chi connectivity index (χ1v) is 8.19. The molecular formula is C16H33N3. The molecule has 0 aromatic rings. The number of hydrogen-bond acceptors (Lipinski definition) is 3. The fourth-order valence-corrected chi connectivity index (χ4v) is 3.33. The molecule has 2 aliphatic rings. The molecule has 3 heteroatoms. The molecule has 3 nitrogen and oxygen atoms in total. The molecule has 0 spiro atoms. The first kappa shape index (κ1) is 15.3. The van der Waals surface area contributed by atoms with E-state index in [1.165, 1.54) is 51.9 Å². The second kappa shape index (κ2) is 6.55. The molecule has 0 amide bonds. The van der Waals surface area contributed by atoms with Crippen LogP contribution >= 0.6 is 0 Å². The molecule has 112 valence electrons. The van der Waals surface area contributed by atoms with Crippen molar-refractivity contribution in [3.8, 4) is 0 Å². The summed E-state index contributed by atoms with van der Waals surface area (Å²) in [5, 5.41) is 3.64. The lowest BCUT2D eigenvalue weighted by molar-refractivity contribution is 0.152. The zero-order valence-electron chi connectivity index (χ0n) is 13.4. The topological polar surface area (TPSA) is 18.5 Å². The Kier molecular flexibility index (Phi) is 5.27. The van der Waals surface area contributed by atoms with E-state index in [9.17, 15) is 0 Å². The van der Waals surface area contributed by atoms with Gasteiger partial charge < -0.3 is 5.32 Å². The molecule has 0 aromatic heterocycles. The Morgan fingerprint density at radius 2 is 1.79 bits per heavy atom. The molecule has 0 aromatic carbocycles. The molecule has 0 aliphatic carbocycles. The first-order chi connectivity index (χ1) is 8.96. The van der Waals surface area contributed by atoms with E-state index in [4.69, 9.17) is 0 Å². The molecule has 2 heterocycles. The van der Waals surface area contributed by atoms with Crippen LogP contribution in [-0.4, -0.2) is 60.1 Å². The Hall–Kier alpha value is -0.120. The summed E-state index contributed by atoms with van der Waals surface area (Å²) in [6.45, 7) is 15.5. The lowest BCUT2D eigenvalue weighted by Crippen LogP contribution is -2.47. The van der Waals surface area contributed by atoms with Gasteiger partial charge in [0.15, 0.2) is 0 Å². The van der Waals surface area contributed by atoms with Gasteiger partial charge in [-0.25, -0.2) is 0 Å². The van der Waals surface area contributed by atoms with Crippen molar-refractivity contribution in [3.05, 3.63) is 0 Å². The van der Waals surface area contributed by atoms with Crippen molar-refractivity contribution in [2.45, 2.75) is 71.0 Å². The molecule has 0 bridgehead atoms. The summed E-state index contributed by atoms with van der Waals surface area (Å²) >= 11 is 0. The van der Waals surface area contributed by atoms with Gasteiger partial charge in [-0.1, -0.05) is 6.42 Å². The second-order valence-corrected chi connectivity index (χ2v) is 7.51. The van der Waals surface area contributed by atoms with Crippen LogP contribution in [0.4, 0.5) is 0 Å². The highest BCUT2D eigenvalue weighted by atomic mass is 15.3. The number of piperidine rings is 1. The molecule has 2 atom stereocenters. The molecule has 2 rings (SSSR count). The van der Waals surface area contributed by atoms with Gasteiger partial charge in [-0.15, -0.1) is 0 Å². The Morgan fingerprint density at radius 3 is 2.42 bits per heavy atom. The average molecular weight is 267 g/mol. The molecule has 0 saturated carbocycles. The Morgan fingerprint density at radius 1 is 1.11 bits per heavy atom. The number of hydrogen-bond donors (Lipinski definition) is 1. The van der Waals surface area contributed by atoms with Crippen molar-refractivity contribution >= 4 is 0 Å². The highest BCUT2D eigenvalue weighted by molar-refractivity contribution is 4.88. The summed E-state index contributed by atoms with van der Waals surface area (Å²) in [5.41, 5.74) is 0.236. The Bertz CT molecular complexity index is 266. The molecule has 2 fully saturated rings. The van der Waals surface area contributed by atoms with Gasteiger partial charge >= 0.3 is 0 Å². The van der Waals surface area contributed by atoms with Gasteiger partial charge in [-0.3, -0.25) is 9.80 Å². The Balaban J connectivity index is 1.74. The van der Waals surface area contributed by atoms with E-state index in [1.807, 2.05) is 0 Å². The van der Waals surface area contributed by atoms with Crippen molar-refractivity contribution in [3.63, 3.8) is 0 Å². The number of nitrogens with zero attached hydrogens (tertiary/aromatic N) is 2. The fraction of sp³-hybridized carbons (Fsp3) is 1.00. The number of likely N-dealkylation sites (tertiary alicyclic amines) is 2. The van der Waals surface area contributed by atoms with E-state index in [0.717, 1.165) is 12.6 Å². The van der Waals surface area contributed by atoms with Crippen LogP contribution in [0.1, 0.15) is 53.4 Å². The minimum absolute atomic E-state index is 0.236. The van der Waals surface area contributed by atoms with Crippen LogP contribution in [0.15, 0.2) is 0 Å². The third kappa shape index (κ3) is 4.73. The second-order valence-electron chi connectivity index (χ2n) is 7.51. The molecule has 2 aliphatic heterocycles. The van der Waals surface area contributed by atoms with Crippen LogP contribution in [0.3, 0.4) is 0 Å². The lowest BCUT2D eigenvalue weighted by atomic mass is 10.1. The van der Waals surface area contributed by atoms with E-state index in [2.05, 4.69) is 42.8 Å². The van der Waals surface area contributed by atoms with Crippen LogP contribution in [0.5, 0.6) is 0 Å². The maximum Gasteiger partial charge on any atom is 0.0235 e. The van der Waals surface area contributed by atoms with Gasteiger partial charge in [0.2, 0.25) is 0 Å². The first-order valence-electron chi connectivity index (χ1n) is 8.19. The number of nitrogens with one attached hydrogen (secondary N) is 1. The lowest BCUT2D eigenvalue weighted by Gasteiger charge is -2.33. The molecule has 2 saturated heterocycles. The van der Waals surface area contributed by atoms with Crippen LogP contribution < -0.4 is 5.32 Å². The van der Waals surface area contributed by atoms with Gasteiger partial charge in [0.05, 0.1) is 0 Å². The third-order valence-electron chi connectivity index (χ3n) is 4.65. The summed E-state index contributed by atoms with van der Waals surface area (Å²) in [7, 11) is 0. The Labute approximate surface area is 119 Å². The van der Waals surface area contributed by atoms with Gasteiger partial charge in [0, 0.05) is 37.3 Å². The SMILES string of the molecule is CC(CNC(C)(C)C)N1CCC(N2CCCCC2)C1. The monoisotopic (exact) mass is 267 g/mol. The molecule has 19 heavy (non-hydrogen) atoms. The van der Waals surface area contributed by atoms with Crippen LogP contribution in [0.2, 0.25) is 0 Å². The maximum atomic E-state index is 3.64. The normalized spacial score (nSPS) is 28.7. The maximum absolute atomic E-state index is 3.64. The predicted octanol–water partition coefficient (Wildman–Crippen LogP) is 2.32. The van der Waals surface area contributed by atoms with E-state index in [1.54, 1.807) is 0 Å². The summed E-state index contributed by atoms with van der Waals surface area (Å²) in [4.78, 5) is 5.42. The molecular weight excluding hydrogens is 234 g/mol. The van der Waals surface area contributed by atoms with Gasteiger partial charge in [-0.05, 0) is 60.0 Å². The zero-order chi connectivity index (χ0) is 13.9. The van der Waals surface area contributed by atoms with Crippen LogP contribution in [0.25, 0.3) is 0 Å². The standard InChI is InChI=1S/C16H33N3/c1-14(12-17-16(2,3)4)19-11-8-15(13-19)18-9-6-5-7-10-18/h14-15,17H,5-13H2,1-4H3. The smallest absolute Gasteiger partial charge is 0.0235 e. The van der Waals surface area contributed by atoms with Crippen molar-refractivity contribution in [1.29, 1.82) is 0 Å². The van der Waals surface area contributed by atoms with E-state index < -0.39 is 0 Å². The quantitative estimate of drug-likeness (QED) is 0.843. The summed E-state index contributed by atoms with van der Waals surface area (Å²) in [5.74, 6) is 0. The van der Waals surface area contributed by atoms with Crippen molar-refractivity contribution in [1.82, 2.24) is 15.1 Å². The van der Waals surface area contributed by atoms with Crippen LogP contribution in [-0.2, 0) is 0 Å². The van der Waals surface area contributed by atoms with Crippen molar-refractivity contribution in [2.75, 3.05) is 32.7 Å². The van der Waals surface area contributed by atoms with Crippen LogP contribution in [0, 0.1) is 0 Å². The van der Waals surface area contributed by atoms with Crippen molar-refractivity contribution < 1.29 is 0 Å². The summed E-state index contributed by atoms with van der Waals surface area (Å²) < 4.78 is 0. The summed E-state index contributed by atoms with van der Waals surface area (Å²) in [6, 6.07) is 1.49. The average Bonchev–Trinajstić information content (AvgIpc) is 2.86. The largest absolute Gasteiger partial charge is 0.311 e. The molecule has 0 radical (unpaired) electrons. The third-order valence-corrected chi connectivity index (χ3v) is 4.65. The molecule has 2 unspecified atom stereocenters. The summed E-state index contributed by atoms with van der Waals surface area (Å²) in [6.07, 6.45) is 5.65. The fourth-order valence-electron chi connectivity index (χ4n) is 3.33. The molecule has 1 N–H and O–H groups in total.